The van der Waals surface area contributed by atoms with Crippen LogP contribution in [0.25, 0.3) is 0 Å². The molecule has 1 heterocycles. The summed E-state index contributed by atoms with van der Waals surface area (Å²) in [6, 6.07) is 13.1. The van der Waals surface area contributed by atoms with Gasteiger partial charge < -0.3 is 0 Å². The van der Waals surface area contributed by atoms with Crippen molar-refractivity contribution in [2.24, 2.45) is 0 Å². The molecule has 2 rings (SSSR count). The van der Waals surface area contributed by atoms with Gasteiger partial charge in [-0.15, -0.1) is 0 Å². The van der Waals surface area contributed by atoms with Crippen LogP contribution in [0.15, 0.2) is 30.3 Å². The van der Waals surface area contributed by atoms with Gasteiger partial charge in [-0.2, -0.15) is 5.26 Å². The maximum Gasteiger partial charge on any atom is 0.104 e. The predicted molar refractivity (Wildman–Crippen MR) is 55.6 cm³/mol. The van der Waals surface area contributed by atoms with Crippen molar-refractivity contribution in [1.29, 1.82) is 5.26 Å². The Morgan fingerprint density at radius 1 is 1.36 bits per heavy atom. The Kier molecular flexibility index (Phi) is 2.05. The predicted octanol–water partition coefficient (Wildman–Crippen LogP) is 2.35. The van der Waals surface area contributed by atoms with Crippen molar-refractivity contribution in [1.82, 2.24) is 4.90 Å². The molecule has 0 amide bonds. The Balaban J connectivity index is 2.12. The molecule has 1 fully saturated rings. The first-order chi connectivity index (χ1) is 6.65. The first-order valence-corrected chi connectivity index (χ1v) is 4.88. The van der Waals surface area contributed by atoms with E-state index in [0.717, 1.165) is 6.54 Å². The van der Waals surface area contributed by atoms with E-state index in [4.69, 9.17) is 5.26 Å². The first-order valence-electron chi connectivity index (χ1n) is 4.88. The number of hydrogen-bond acceptors (Lipinski definition) is 2. The highest BCUT2D eigenvalue weighted by Crippen LogP contribution is 2.40. The Bertz CT molecular complexity index is 362. The molecule has 2 heteroatoms. The minimum absolute atomic E-state index is 0.333. The average molecular weight is 186 g/mol. The van der Waals surface area contributed by atoms with E-state index in [1.165, 1.54) is 5.56 Å². The van der Waals surface area contributed by atoms with E-state index in [9.17, 15) is 0 Å². The van der Waals surface area contributed by atoms with E-state index in [1.807, 2.05) is 32.0 Å². The average Bonchev–Trinajstić information content (AvgIpc) is 2.99. The van der Waals surface area contributed by atoms with Gasteiger partial charge in [-0.05, 0) is 19.4 Å². The minimum Gasteiger partial charge on any atom is -0.276 e. The van der Waals surface area contributed by atoms with Gasteiger partial charge in [0, 0.05) is 12.6 Å². The van der Waals surface area contributed by atoms with Crippen LogP contribution in [0.1, 0.15) is 25.5 Å². The van der Waals surface area contributed by atoms with Crippen molar-refractivity contribution >= 4 is 0 Å². The summed E-state index contributed by atoms with van der Waals surface area (Å²) in [5.41, 5.74) is 0.983. The van der Waals surface area contributed by atoms with Crippen molar-refractivity contribution in [3.63, 3.8) is 0 Å². The molecule has 0 radical (unpaired) electrons. The monoisotopic (exact) mass is 186 g/mol. The van der Waals surface area contributed by atoms with Gasteiger partial charge in [0.05, 0.1) is 6.07 Å². The van der Waals surface area contributed by atoms with Gasteiger partial charge in [-0.25, -0.2) is 0 Å². The summed E-state index contributed by atoms with van der Waals surface area (Å²) in [5.74, 6) is 0. The third-order valence-corrected chi connectivity index (χ3v) is 2.79. The Labute approximate surface area is 84.8 Å². The molecule has 2 atom stereocenters. The lowest BCUT2D eigenvalue weighted by molar-refractivity contribution is 0.337. The largest absolute Gasteiger partial charge is 0.276 e. The van der Waals surface area contributed by atoms with Crippen LogP contribution in [-0.2, 0) is 0 Å². The molecule has 2 nitrogen and oxygen atoms in total. The van der Waals surface area contributed by atoms with Gasteiger partial charge in [0.25, 0.3) is 0 Å². The second-order valence-electron chi connectivity index (χ2n) is 4.25. The van der Waals surface area contributed by atoms with Gasteiger partial charge in [-0.1, -0.05) is 30.3 Å². The zero-order valence-corrected chi connectivity index (χ0v) is 8.57. The number of hydrogen-bond donors (Lipinski definition) is 0. The lowest BCUT2D eigenvalue weighted by Gasteiger charge is -2.17. The van der Waals surface area contributed by atoms with E-state index in [2.05, 4.69) is 23.1 Å². The van der Waals surface area contributed by atoms with Crippen LogP contribution in [0.2, 0.25) is 0 Å². The van der Waals surface area contributed by atoms with Crippen molar-refractivity contribution in [3.8, 4) is 6.07 Å². The Morgan fingerprint density at radius 3 is 2.57 bits per heavy atom. The number of nitriles is 1. The second kappa shape index (κ2) is 3.11. The molecule has 1 aliphatic heterocycles. The van der Waals surface area contributed by atoms with Crippen molar-refractivity contribution < 1.29 is 0 Å². The second-order valence-corrected chi connectivity index (χ2v) is 4.25. The van der Waals surface area contributed by atoms with E-state index >= 15 is 0 Å². The number of rotatable bonds is 2. The van der Waals surface area contributed by atoms with Crippen molar-refractivity contribution in [3.05, 3.63) is 35.9 Å². The maximum absolute atomic E-state index is 8.98. The summed E-state index contributed by atoms with van der Waals surface area (Å²) in [7, 11) is 0. The van der Waals surface area contributed by atoms with E-state index < -0.39 is 0 Å². The number of nitrogens with zero attached hydrogens (tertiary/aromatic N) is 2. The van der Waals surface area contributed by atoms with E-state index in [-0.39, 0.29) is 5.54 Å². The van der Waals surface area contributed by atoms with Gasteiger partial charge in [0.1, 0.15) is 5.54 Å². The fraction of sp³-hybridized carbons (Fsp3) is 0.417. The molecule has 0 bridgehead atoms. The molecule has 0 aliphatic carbocycles. The van der Waals surface area contributed by atoms with Crippen LogP contribution in [0.4, 0.5) is 0 Å². The highest BCUT2D eigenvalue weighted by atomic mass is 15.4. The summed E-state index contributed by atoms with van der Waals surface area (Å²) in [4.78, 5) is 2.21. The molecule has 2 unspecified atom stereocenters. The normalized spacial score (nSPS) is 25.5. The van der Waals surface area contributed by atoms with Crippen LogP contribution >= 0.6 is 0 Å². The fourth-order valence-corrected chi connectivity index (χ4v) is 1.78. The lowest BCUT2D eigenvalue weighted by Crippen LogP contribution is -2.28. The third kappa shape index (κ3) is 1.51. The van der Waals surface area contributed by atoms with Crippen LogP contribution < -0.4 is 0 Å². The van der Waals surface area contributed by atoms with Crippen molar-refractivity contribution in [2.75, 3.05) is 6.54 Å². The topological polar surface area (TPSA) is 26.8 Å². The summed E-state index contributed by atoms with van der Waals surface area (Å²) in [6.45, 7) is 4.94. The summed E-state index contributed by atoms with van der Waals surface area (Å²) in [6.07, 6.45) is 0. The molecule has 1 aliphatic rings. The lowest BCUT2D eigenvalue weighted by atomic mass is 10.1. The smallest absolute Gasteiger partial charge is 0.104 e. The molecule has 0 aromatic heterocycles. The number of benzene rings is 1. The van der Waals surface area contributed by atoms with Gasteiger partial charge in [0.15, 0.2) is 0 Å². The molecule has 0 spiro atoms. The Hall–Kier alpha value is -1.33. The Morgan fingerprint density at radius 2 is 2.00 bits per heavy atom. The molecule has 1 saturated heterocycles. The standard InChI is InChI=1S/C12H14N2/c1-12(2,9-13)14-8-11(14)10-6-4-3-5-7-10/h3-7,11H,8H2,1-2H3. The van der Waals surface area contributed by atoms with Crippen LogP contribution in [-0.4, -0.2) is 17.0 Å². The summed E-state index contributed by atoms with van der Waals surface area (Å²) >= 11 is 0. The van der Waals surface area contributed by atoms with Crippen LogP contribution in [0.5, 0.6) is 0 Å². The minimum atomic E-state index is -0.333. The van der Waals surface area contributed by atoms with Gasteiger partial charge in [-0.3, -0.25) is 4.90 Å². The molecular weight excluding hydrogens is 172 g/mol. The molecule has 72 valence electrons. The molecular formula is C12H14N2. The molecule has 0 saturated carbocycles. The highest BCUT2D eigenvalue weighted by molar-refractivity contribution is 5.26. The molecule has 14 heavy (non-hydrogen) atoms. The van der Waals surface area contributed by atoms with E-state index in [1.54, 1.807) is 0 Å². The summed E-state index contributed by atoms with van der Waals surface area (Å²) in [5, 5.41) is 8.98. The SMILES string of the molecule is CC(C)(C#N)N1CC1c1ccccc1. The van der Waals surface area contributed by atoms with Crippen LogP contribution in [0.3, 0.4) is 0 Å². The van der Waals surface area contributed by atoms with E-state index in [0.29, 0.717) is 6.04 Å². The van der Waals surface area contributed by atoms with Crippen molar-refractivity contribution in [2.45, 2.75) is 25.4 Å². The third-order valence-electron chi connectivity index (χ3n) is 2.79. The van der Waals surface area contributed by atoms with Gasteiger partial charge in [0.2, 0.25) is 0 Å². The zero-order valence-electron chi connectivity index (χ0n) is 8.57. The maximum atomic E-state index is 8.98. The first kappa shape index (κ1) is 9.23. The van der Waals surface area contributed by atoms with Crippen LogP contribution in [0, 0.1) is 11.3 Å². The molecule has 1 aromatic rings. The quantitative estimate of drug-likeness (QED) is 0.663. The summed E-state index contributed by atoms with van der Waals surface area (Å²) < 4.78 is 0. The zero-order chi connectivity index (χ0) is 10.2. The molecule has 0 N–H and O–H groups in total. The highest BCUT2D eigenvalue weighted by Gasteiger charge is 2.45. The fourth-order valence-electron chi connectivity index (χ4n) is 1.78. The van der Waals surface area contributed by atoms with Gasteiger partial charge >= 0.3 is 0 Å². The molecule has 1 aromatic carbocycles.